The number of ketones is 1. The lowest BCUT2D eigenvalue weighted by Gasteiger charge is -2.47. The maximum absolute atomic E-state index is 14.4. The van der Waals surface area contributed by atoms with Crippen LogP contribution >= 0.6 is 0 Å². The van der Waals surface area contributed by atoms with Crippen LogP contribution in [0.4, 0.5) is 9.18 Å². The smallest absolute Gasteiger partial charge is 0.410 e. The van der Waals surface area contributed by atoms with Crippen LogP contribution in [0.25, 0.3) is 11.1 Å². The standard InChI is InChI=1S/C30H25FN2O4/c31-28-10-9-18(14-32)11-26(28)29(34)19-12-20-15-36-16-21(13-19)33(20)30(35)37-17-27-24-7-3-1-5-22(24)23-6-2-4-8-25(23)27/h1-11,19-21,27H,12-13,15-17H2. The van der Waals surface area contributed by atoms with E-state index in [0.29, 0.717) is 26.1 Å². The third-order valence-corrected chi connectivity index (χ3v) is 7.80. The topological polar surface area (TPSA) is 79.6 Å². The summed E-state index contributed by atoms with van der Waals surface area (Å²) in [6, 6.07) is 21.5. The van der Waals surface area contributed by atoms with Crippen molar-refractivity contribution in [1.29, 1.82) is 5.26 Å². The molecule has 6 nitrogen and oxygen atoms in total. The molecule has 2 fully saturated rings. The molecule has 3 aliphatic rings. The molecule has 2 unspecified atom stereocenters. The Kier molecular flexibility index (Phi) is 5.97. The molecule has 0 radical (unpaired) electrons. The molecule has 37 heavy (non-hydrogen) atoms. The van der Waals surface area contributed by atoms with E-state index in [0.717, 1.165) is 28.3 Å². The molecule has 186 valence electrons. The number of nitriles is 1. The fraction of sp³-hybridized carbons (Fsp3) is 0.300. The van der Waals surface area contributed by atoms with Crippen LogP contribution in [-0.2, 0) is 9.47 Å². The fourth-order valence-corrected chi connectivity index (χ4v) is 6.10. The number of fused-ring (bicyclic) bond motifs is 5. The number of benzene rings is 3. The second-order valence-corrected chi connectivity index (χ2v) is 9.90. The second-order valence-electron chi connectivity index (χ2n) is 9.90. The SMILES string of the molecule is N#Cc1ccc(F)c(C(=O)C2CC3COCC(C2)N3C(=O)OCC2c3ccccc3-c3ccccc32)c1. The van der Waals surface area contributed by atoms with Gasteiger partial charge in [0.25, 0.3) is 0 Å². The van der Waals surface area contributed by atoms with Gasteiger partial charge in [0.2, 0.25) is 0 Å². The Morgan fingerprint density at radius 2 is 1.59 bits per heavy atom. The van der Waals surface area contributed by atoms with E-state index >= 15 is 0 Å². The van der Waals surface area contributed by atoms with Crippen LogP contribution in [0.15, 0.2) is 66.7 Å². The molecule has 3 aromatic carbocycles. The van der Waals surface area contributed by atoms with Gasteiger partial charge in [0, 0.05) is 11.8 Å². The molecule has 7 heteroatoms. The maximum Gasteiger partial charge on any atom is 0.410 e. The molecule has 0 aromatic heterocycles. The number of halogens is 1. The van der Waals surface area contributed by atoms with Gasteiger partial charge in [-0.2, -0.15) is 5.26 Å². The molecular formula is C30H25FN2O4. The van der Waals surface area contributed by atoms with Crippen molar-refractivity contribution in [3.05, 3.63) is 94.8 Å². The fourth-order valence-electron chi connectivity index (χ4n) is 6.10. The zero-order valence-electron chi connectivity index (χ0n) is 20.1. The molecule has 2 aliphatic heterocycles. The van der Waals surface area contributed by atoms with Gasteiger partial charge in [-0.1, -0.05) is 48.5 Å². The first-order valence-electron chi connectivity index (χ1n) is 12.5. The Labute approximate surface area is 214 Å². The molecule has 2 heterocycles. The number of ether oxygens (including phenoxy) is 2. The Morgan fingerprint density at radius 1 is 0.973 bits per heavy atom. The van der Waals surface area contributed by atoms with Gasteiger partial charge in [0.15, 0.2) is 5.78 Å². The predicted octanol–water partition coefficient (Wildman–Crippen LogP) is 5.31. The van der Waals surface area contributed by atoms with Crippen molar-refractivity contribution in [3.8, 4) is 17.2 Å². The molecule has 0 N–H and O–H groups in total. The van der Waals surface area contributed by atoms with Crippen molar-refractivity contribution in [2.45, 2.75) is 30.8 Å². The molecule has 1 amide bonds. The highest BCUT2D eigenvalue weighted by atomic mass is 19.1. The Hall–Kier alpha value is -4.02. The third kappa shape index (κ3) is 4.08. The molecule has 0 spiro atoms. The lowest BCUT2D eigenvalue weighted by Crippen LogP contribution is -2.60. The van der Waals surface area contributed by atoms with Crippen molar-refractivity contribution in [2.75, 3.05) is 19.8 Å². The van der Waals surface area contributed by atoms with Crippen molar-refractivity contribution in [2.24, 2.45) is 5.92 Å². The number of rotatable bonds is 4. The average molecular weight is 497 g/mol. The van der Waals surface area contributed by atoms with Crippen LogP contribution in [-0.4, -0.2) is 48.7 Å². The van der Waals surface area contributed by atoms with Gasteiger partial charge in [-0.15, -0.1) is 0 Å². The summed E-state index contributed by atoms with van der Waals surface area (Å²) >= 11 is 0. The molecule has 6 rings (SSSR count). The lowest BCUT2D eigenvalue weighted by molar-refractivity contribution is -0.0748. The van der Waals surface area contributed by atoms with Crippen LogP contribution in [0, 0.1) is 23.1 Å². The van der Waals surface area contributed by atoms with Crippen LogP contribution in [0.3, 0.4) is 0 Å². The second kappa shape index (κ2) is 9.45. The molecule has 1 aliphatic carbocycles. The molecule has 3 aromatic rings. The zero-order valence-corrected chi connectivity index (χ0v) is 20.1. The number of piperidine rings is 1. The number of Topliss-reactive ketones (excluding diaryl/α,β-unsaturated/α-hetero) is 1. The van der Waals surface area contributed by atoms with E-state index in [1.54, 1.807) is 4.90 Å². The number of carbonyl (C=O) groups excluding carboxylic acids is 2. The summed E-state index contributed by atoms with van der Waals surface area (Å²) in [6.45, 7) is 0.814. The Morgan fingerprint density at radius 3 is 2.22 bits per heavy atom. The number of morpholine rings is 1. The van der Waals surface area contributed by atoms with E-state index in [4.69, 9.17) is 14.7 Å². The monoisotopic (exact) mass is 496 g/mol. The van der Waals surface area contributed by atoms with E-state index in [1.807, 2.05) is 30.3 Å². The minimum Gasteiger partial charge on any atom is -0.448 e. The van der Waals surface area contributed by atoms with E-state index in [1.165, 1.54) is 12.1 Å². The van der Waals surface area contributed by atoms with Crippen LogP contribution in [0.1, 0.15) is 45.8 Å². The van der Waals surface area contributed by atoms with E-state index in [-0.39, 0.29) is 41.5 Å². The van der Waals surface area contributed by atoms with E-state index in [2.05, 4.69) is 24.3 Å². The first-order chi connectivity index (χ1) is 18.0. The molecule has 2 saturated heterocycles. The normalized spacial score (nSPS) is 22.1. The highest BCUT2D eigenvalue weighted by Crippen LogP contribution is 2.44. The van der Waals surface area contributed by atoms with Crippen LogP contribution in [0.2, 0.25) is 0 Å². The minimum atomic E-state index is -0.635. The van der Waals surface area contributed by atoms with Gasteiger partial charge in [-0.05, 0) is 53.3 Å². The van der Waals surface area contributed by atoms with E-state index in [9.17, 15) is 14.0 Å². The maximum atomic E-state index is 14.4. The van der Waals surface area contributed by atoms with Crippen molar-refractivity contribution < 1.29 is 23.5 Å². The van der Waals surface area contributed by atoms with Gasteiger partial charge in [0.1, 0.15) is 12.4 Å². The van der Waals surface area contributed by atoms with Gasteiger partial charge in [0.05, 0.1) is 42.5 Å². The van der Waals surface area contributed by atoms with Gasteiger partial charge in [-0.3, -0.25) is 9.69 Å². The quantitative estimate of drug-likeness (QED) is 0.458. The summed E-state index contributed by atoms with van der Waals surface area (Å²) in [4.78, 5) is 28.3. The first kappa shape index (κ1) is 23.4. The summed E-state index contributed by atoms with van der Waals surface area (Å²) in [5, 5.41) is 9.15. The lowest BCUT2D eigenvalue weighted by atomic mass is 9.80. The third-order valence-electron chi connectivity index (χ3n) is 7.80. The summed E-state index contributed by atoms with van der Waals surface area (Å²) < 4.78 is 26.0. The van der Waals surface area contributed by atoms with Gasteiger partial charge >= 0.3 is 6.09 Å². The minimum absolute atomic E-state index is 0.0399. The predicted molar refractivity (Wildman–Crippen MR) is 133 cm³/mol. The van der Waals surface area contributed by atoms with Crippen molar-refractivity contribution in [3.63, 3.8) is 0 Å². The van der Waals surface area contributed by atoms with Crippen LogP contribution < -0.4 is 0 Å². The largest absolute Gasteiger partial charge is 0.448 e. The molecule has 2 atom stereocenters. The number of amides is 1. The Balaban J connectivity index is 1.17. The number of hydrogen-bond donors (Lipinski definition) is 0. The van der Waals surface area contributed by atoms with Crippen molar-refractivity contribution in [1.82, 2.24) is 4.90 Å². The molecule has 0 saturated carbocycles. The molecular weight excluding hydrogens is 471 g/mol. The summed E-state index contributed by atoms with van der Waals surface area (Å²) in [5.41, 5.74) is 4.78. The van der Waals surface area contributed by atoms with Crippen molar-refractivity contribution >= 4 is 11.9 Å². The zero-order chi connectivity index (χ0) is 25.5. The molecule has 2 bridgehead atoms. The number of hydrogen-bond acceptors (Lipinski definition) is 5. The highest BCUT2D eigenvalue weighted by molar-refractivity contribution is 5.98. The van der Waals surface area contributed by atoms with Crippen LogP contribution in [0.5, 0.6) is 0 Å². The average Bonchev–Trinajstić information content (AvgIpc) is 3.24. The Bertz CT molecular complexity index is 1370. The summed E-state index contributed by atoms with van der Waals surface area (Å²) in [7, 11) is 0. The number of carbonyl (C=O) groups is 2. The van der Waals surface area contributed by atoms with E-state index < -0.39 is 17.8 Å². The first-order valence-corrected chi connectivity index (χ1v) is 12.5. The highest BCUT2D eigenvalue weighted by Gasteiger charge is 2.45. The summed E-state index contributed by atoms with van der Waals surface area (Å²) in [6.07, 6.45) is 0.301. The number of nitrogens with zero attached hydrogens (tertiary/aromatic N) is 2. The van der Waals surface area contributed by atoms with Gasteiger partial charge in [-0.25, -0.2) is 9.18 Å². The van der Waals surface area contributed by atoms with Gasteiger partial charge < -0.3 is 9.47 Å². The summed E-state index contributed by atoms with van der Waals surface area (Å²) in [5.74, 6) is -1.47.